The van der Waals surface area contributed by atoms with Crippen LogP contribution in [0.2, 0.25) is 0 Å². The van der Waals surface area contributed by atoms with Crippen LogP contribution in [-0.4, -0.2) is 44.8 Å². The van der Waals surface area contributed by atoms with Gasteiger partial charge < -0.3 is 15.5 Å². The van der Waals surface area contributed by atoms with Crippen molar-refractivity contribution in [3.05, 3.63) is 72.3 Å². The fourth-order valence-corrected chi connectivity index (χ4v) is 4.46. The van der Waals surface area contributed by atoms with Gasteiger partial charge in [0, 0.05) is 49.2 Å². The number of hydrogen-bond donors (Lipinski definition) is 2. The molecule has 2 aliphatic rings. The van der Waals surface area contributed by atoms with E-state index in [-0.39, 0.29) is 18.2 Å². The maximum atomic E-state index is 13.2. The highest BCUT2D eigenvalue weighted by molar-refractivity contribution is 6.01. The summed E-state index contributed by atoms with van der Waals surface area (Å²) in [5, 5.41) is 6.00. The molecular formula is C24H24N6O2. The van der Waals surface area contributed by atoms with E-state index >= 15 is 0 Å². The zero-order valence-corrected chi connectivity index (χ0v) is 17.6. The Morgan fingerprint density at radius 1 is 1.00 bits per heavy atom. The average molecular weight is 428 g/mol. The second-order valence-corrected chi connectivity index (χ2v) is 8.16. The van der Waals surface area contributed by atoms with Crippen molar-refractivity contribution in [3.8, 4) is 0 Å². The van der Waals surface area contributed by atoms with Gasteiger partial charge in [0.25, 0.3) is 0 Å². The number of benzene rings is 1. The smallest absolute Gasteiger partial charge is 0.230 e. The molecule has 0 bridgehead atoms. The molecule has 2 N–H and O–H groups in total. The lowest BCUT2D eigenvalue weighted by molar-refractivity contribution is -0.135. The molecule has 1 aromatic carbocycles. The number of para-hydroxylation sites is 1. The van der Waals surface area contributed by atoms with Gasteiger partial charge in [-0.25, -0.2) is 9.97 Å². The Labute approximate surface area is 186 Å². The van der Waals surface area contributed by atoms with Gasteiger partial charge in [-0.15, -0.1) is 0 Å². The first kappa shape index (κ1) is 20.1. The summed E-state index contributed by atoms with van der Waals surface area (Å²) in [6, 6.07) is 13.3. The number of nitrogens with one attached hydrogen (secondary N) is 2. The number of aromatic nitrogens is 3. The van der Waals surface area contributed by atoms with Crippen molar-refractivity contribution in [2.24, 2.45) is 0 Å². The molecule has 1 saturated heterocycles. The molecule has 1 fully saturated rings. The Bertz CT molecular complexity index is 1110. The van der Waals surface area contributed by atoms with Crippen LogP contribution >= 0.6 is 0 Å². The van der Waals surface area contributed by atoms with E-state index in [2.05, 4.69) is 25.6 Å². The van der Waals surface area contributed by atoms with Crippen molar-refractivity contribution in [1.82, 2.24) is 19.9 Å². The van der Waals surface area contributed by atoms with Crippen LogP contribution in [0.25, 0.3) is 0 Å². The van der Waals surface area contributed by atoms with Gasteiger partial charge in [0.2, 0.25) is 17.8 Å². The standard InChI is InChI=1S/C24H24N6O2/c31-22-14-19(18-4-1-2-5-21(18)29-22)23(32)30-12-8-16(9-13-30)20-7-6-17(15-27-20)28-24-25-10-3-11-26-24/h1-7,10-11,15-16,19H,8-9,12-14H2,(H,29,31)(H,25,26,28)/t19-/m0/s1. The summed E-state index contributed by atoms with van der Waals surface area (Å²) in [5.74, 6) is 0.381. The zero-order chi connectivity index (χ0) is 21.9. The highest BCUT2D eigenvalue weighted by Gasteiger charge is 2.35. The molecule has 8 heteroatoms. The minimum Gasteiger partial charge on any atom is -0.342 e. The quantitative estimate of drug-likeness (QED) is 0.660. The fraction of sp³-hybridized carbons (Fsp3) is 0.292. The van der Waals surface area contributed by atoms with Gasteiger partial charge in [-0.2, -0.15) is 0 Å². The monoisotopic (exact) mass is 428 g/mol. The van der Waals surface area contributed by atoms with E-state index in [1.807, 2.05) is 41.3 Å². The van der Waals surface area contributed by atoms with Gasteiger partial charge >= 0.3 is 0 Å². The molecule has 32 heavy (non-hydrogen) atoms. The molecule has 0 aliphatic carbocycles. The number of amides is 2. The topological polar surface area (TPSA) is 100 Å². The lowest BCUT2D eigenvalue weighted by Gasteiger charge is -2.35. The number of fused-ring (bicyclic) bond motifs is 1. The van der Waals surface area contributed by atoms with Gasteiger partial charge in [0.15, 0.2) is 0 Å². The Hall–Kier alpha value is -3.81. The van der Waals surface area contributed by atoms with Crippen LogP contribution in [0.1, 0.15) is 42.4 Å². The zero-order valence-electron chi connectivity index (χ0n) is 17.6. The minimum absolute atomic E-state index is 0.0427. The average Bonchev–Trinajstić information content (AvgIpc) is 2.84. The molecule has 3 aromatic rings. The number of hydrogen-bond acceptors (Lipinski definition) is 6. The minimum atomic E-state index is -0.403. The van der Waals surface area contributed by atoms with Gasteiger partial charge in [-0.1, -0.05) is 18.2 Å². The molecule has 8 nitrogen and oxygen atoms in total. The number of rotatable bonds is 4. The SMILES string of the molecule is O=C1C[C@H](C(=O)N2CCC(c3ccc(Nc4ncccn4)cn3)CC2)c2ccccc2N1. The molecule has 162 valence electrons. The Balaban J connectivity index is 1.21. The maximum absolute atomic E-state index is 13.2. The summed E-state index contributed by atoms with van der Waals surface area (Å²) in [6.07, 6.45) is 7.08. The van der Waals surface area contributed by atoms with Crippen molar-refractivity contribution in [2.75, 3.05) is 23.7 Å². The third kappa shape index (κ3) is 4.16. The number of carbonyl (C=O) groups is 2. The number of nitrogens with zero attached hydrogens (tertiary/aromatic N) is 4. The van der Waals surface area contributed by atoms with Crippen LogP contribution in [0.3, 0.4) is 0 Å². The second kappa shape index (κ2) is 8.74. The molecule has 5 rings (SSSR count). The van der Waals surface area contributed by atoms with Gasteiger partial charge in [0.1, 0.15) is 0 Å². The summed E-state index contributed by atoms with van der Waals surface area (Å²) >= 11 is 0. The predicted octanol–water partition coefficient (Wildman–Crippen LogP) is 3.45. The summed E-state index contributed by atoms with van der Waals surface area (Å²) in [6.45, 7) is 1.34. The number of carbonyl (C=O) groups excluding carboxylic acids is 2. The summed E-state index contributed by atoms with van der Waals surface area (Å²) < 4.78 is 0. The largest absolute Gasteiger partial charge is 0.342 e. The molecule has 2 aromatic heterocycles. The first-order chi connectivity index (χ1) is 15.7. The van der Waals surface area contributed by atoms with Crippen LogP contribution < -0.4 is 10.6 Å². The molecule has 4 heterocycles. The lowest BCUT2D eigenvalue weighted by atomic mass is 9.87. The molecule has 2 amide bonds. The van der Waals surface area contributed by atoms with E-state index in [9.17, 15) is 9.59 Å². The summed E-state index contributed by atoms with van der Waals surface area (Å²) in [7, 11) is 0. The molecule has 0 saturated carbocycles. The third-order valence-electron chi connectivity index (χ3n) is 6.13. The van der Waals surface area contributed by atoms with E-state index < -0.39 is 5.92 Å². The van der Waals surface area contributed by atoms with Gasteiger partial charge in [-0.05, 0) is 42.7 Å². The van der Waals surface area contributed by atoms with E-state index in [1.165, 1.54) is 0 Å². The fourth-order valence-electron chi connectivity index (χ4n) is 4.46. The van der Waals surface area contributed by atoms with Crippen molar-refractivity contribution in [3.63, 3.8) is 0 Å². The number of piperidine rings is 1. The predicted molar refractivity (Wildman–Crippen MR) is 121 cm³/mol. The second-order valence-electron chi connectivity index (χ2n) is 8.16. The number of pyridine rings is 1. The highest BCUT2D eigenvalue weighted by atomic mass is 16.2. The van der Waals surface area contributed by atoms with Crippen molar-refractivity contribution in [2.45, 2.75) is 31.1 Å². The van der Waals surface area contributed by atoms with Crippen LogP contribution in [0.5, 0.6) is 0 Å². The molecule has 1 atom stereocenters. The van der Waals surface area contributed by atoms with E-state index in [1.54, 1.807) is 24.7 Å². The van der Waals surface area contributed by atoms with Crippen molar-refractivity contribution < 1.29 is 9.59 Å². The highest BCUT2D eigenvalue weighted by Crippen LogP contribution is 2.35. The molecule has 0 unspecified atom stereocenters. The Kier molecular flexibility index (Phi) is 5.49. The van der Waals surface area contributed by atoms with Gasteiger partial charge in [0.05, 0.1) is 17.8 Å². The van der Waals surface area contributed by atoms with Crippen LogP contribution in [-0.2, 0) is 9.59 Å². The normalized spacial score (nSPS) is 18.6. The molecule has 2 aliphatic heterocycles. The number of likely N-dealkylation sites (tertiary alicyclic amines) is 1. The van der Waals surface area contributed by atoms with Crippen LogP contribution in [0.15, 0.2) is 61.1 Å². The van der Waals surface area contributed by atoms with Crippen molar-refractivity contribution in [1.29, 1.82) is 0 Å². The molecule has 0 spiro atoms. The van der Waals surface area contributed by atoms with Crippen molar-refractivity contribution >= 4 is 29.1 Å². The third-order valence-corrected chi connectivity index (χ3v) is 6.13. The Morgan fingerprint density at radius 3 is 2.53 bits per heavy atom. The first-order valence-electron chi connectivity index (χ1n) is 10.8. The Morgan fingerprint density at radius 2 is 1.78 bits per heavy atom. The lowest BCUT2D eigenvalue weighted by Crippen LogP contribution is -2.42. The summed E-state index contributed by atoms with van der Waals surface area (Å²) in [4.78, 5) is 40.2. The molecule has 0 radical (unpaired) electrons. The summed E-state index contributed by atoms with van der Waals surface area (Å²) in [5.41, 5.74) is 3.52. The van der Waals surface area contributed by atoms with Crippen LogP contribution in [0.4, 0.5) is 17.3 Å². The van der Waals surface area contributed by atoms with E-state index in [4.69, 9.17) is 0 Å². The maximum Gasteiger partial charge on any atom is 0.230 e. The number of anilines is 3. The first-order valence-corrected chi connectivity index (χ1v) is 10.8. The van der Waals surface area contributed by atoms with Gasteiger partial charge in [-0.3, -0.25) is 14.6 Å². The van der Waals surface area contributed by atoms with E-state index in [0.717, 1.165) is 35.5 Å². The van der Waals surface area contributed by atoms with Crippen LogP contribution in [0, 0.1) is 0 Å². The van der Waals surface area contributed by atoms with E-state index in [0.29, 0.717) is 25.0 Å². The molecular weight excluding hydrogens is 404 g/mol.